The summed E-state index contributed by atoms with van der Waals surface area (Å²) in [6.07, 6.45) is 6.12. The average molecular weight is 704 g/mol. The van der Waals surface area contributed by atoms with Crippen LogP contribution in [-0.2, 0) is 35.3 Å². The lowest BCUT2D eigenvalue weighted by Gasteiger charge is -2.39. The molecule has 1 saturated heterocycles. The Morgan fingerprint density at radius 3 is 2.29 bits per heavy atom. The molecule has 1 aromatic rings. The highest BCUT2D eigenvalue weighted by Crippen LogP contribution is 2.41. The molecule has 2 aliphatic rings. The molecule has 0 aromatic heterocycles. The summed E-state index contributed by atoms with van der Waals surface area (Å²) in [4.78, 5) is 88.7. The van der Waals surface area contributed by atoms with Gasteiger partial charge in [-0.15, -0.1) is 0 Å². The van der Waals surface area contributed by atoms with Crippen molar-refractivity contribution in [2.45, 2.75) is 89.0 Å². The molecule has 1 aliphatic carbocycles. The van der Waals surface area contributed by atoms with Crippen molar-refractivity contribution in [3.8, 4) is 0 Å². The van der Waals surface area contributed by atoms with Crippen LogP contribution >= 0.6 is 11.8 Å². The molecule has 49 heavy (non-hydrogen) atoms. The number of thioether (sulfide) groups is 1. The van der Waals surface area contributed by atoms with Gasteiger partial charge in [0.25, 0.3) is 0 Å². The number of carbonyl (C=O) groups excluding carboxylic acids is 7. The zero-order valence-electron chi connectivity index (χ0n) is 28.3. The molecule has 8 amide bonds. The Hall–Kier alpha value is -4.34. The fraction of sp³-hybridized carbons (Fsp3) is 0.606. The van der Waals surface area contributed by atoms with Crippen LogP contribution in [0, 0.1) is 5.41 Å². The number of urea groups is 1. The summed E-state index contributed by atoms with van der Waals surface area (Å²) >= 11 is 1.38. The highest BCUT2D eigenvalue weighted by atomic mass is 32.2. The monoisotopic (exact) mass is 703 g/mol. The van der Waals surface area contributed by atoms with Gasteiger partial charge < -0.3 is 37.1 Å². The van der Waals surface area contributed by atoms with Crippen molar-refractivity contribution in [3.05, 3.63) is 29.8 Å². The van der Waals surface area contributed by atoms with Crippen molar-refractivity contribution < 1.29 is 38.3 Å². The molecule has 15 nitrogen and oxygen atoms in total. The number of imide groups is 1. The van der Waals surface area contributed by atoms with E-state index in [1.165, 1.54) is 16.7 Å². The van der Waals surface area contributed by atoms with Gasteiger partial charge in [-0.3, -0.25) is 28.9 Å². The lowest BCUT2D eigenvalue weighted by Crippen LogP contribution is -2.58. The fourth-order valence-corrected chi connectivity index (χ4v) is 6.16. The molecule has 0 bridgehead atoms. The second kappa shape index (κ2) is 19.6. The predicted octanol–water partition coefficient (Wildman–Crippen LogP) is 2.14. The van der Waals surface area contributed by atoms with E-state index in [2.05, 4.69) is 26.6 Å². The molecule has 0 radical (unpaired) electrons. The van der Waals surface area contributed by atoms with Crippen LogP contribution in [0.3, 0.4) is 0 Å². The second-order valence-corrected chi connectivity index (χ2v) is 13.3. The van der Waals surface area contributed by atoms with Gasteiger partial charge in [0.05, 0.1) is 5.25 Å². The number of nitrogens with zero attached hydrogens (tertiary/aromatic N) is 1. The van der Waals surface area contributed by atoms with Gasteiger partial charge in [-0.1, -0.05) is 25.5 Å². The zero-order chi connectivity index (χ0) is 35.8. The molecule has 0 spiro atoms. The first kappa shape index (κ1) is 39.1. The van der Waals surface area contributed by atoms with Gasteiger partial charge >= 0.3 is 12.1 Å². The van der Waals surface area contributed by atoms with Crippen molar-refractivity contribution >= 4 is 59.1 Å². The van der Waals surface area contributed by atoms with Crippen LogP contribution in [-0.4, -0.2) is 90.3 Å². The van der Waals surface area contributed by atoms with Crippen LogP contribution in [0.15, 0.2) is 24.3 Å². The largest absolute Gasteiger partial charge is 0.445 e. The summed E-state index contributed by atoms with van der Waals surface area (Å²) in [6, 6.07) is 5.00. The first-order valence-electron chi connectivity index (χ1n) is 16.8. The number of hydrogen-bond donors (Lipinski definition) is 6. The summed E-state index contributed by atoms with van der Waals surface area (Å²) in [7, 11) is 0. The Bertz CT molecular complexity index is 1340. The van der Waals surface area contributed by atoms with Gasteiger partial charge in [0.1, 0.15) is 18.1 Å². The molecule has 1 heterocycles. The minimum Gasteiger partial charge on any atom is -0.445 e. The molecular weight excluding hydrogens is 654 g/mol. The third-order valence-corrected chi connectivity index (χ3v) is 9.55. The molecule has 1 aliphatic heterocycles. The van der Waals surface area contributed by atoms with E-state index in [0.717, 1.165) is 6.42 Å². The van der Waals surface area contributed by atoms with E-state index in [9.17, 15) is 33.6 Å². The molecule has 1 unspecified atom stereocenters. The number of ether oxygens (including phenoxy) is 1. The van der Waals surface area contributed by atoms with Crippen molar-refractivity contribution in [2.75, 3.05) is 37.8 Å². The fourth-order valence-electron chi connectivity index (χ4n) is 5.53. The number of amides is 8. The Balaban J connectivity index is 1.52. The van der Waals surface area contributed by atoms with Crippen LogP contribution in [0.25, 0.3) is 0 Å². The molecule has 1 saturated carbocycles. The van der Waals surface area contributed by atoms with E-state index in [1.807, 2.05) is 13.2 Å². The predicted molar refractivity (Wildman–Crippen MR) is 184 cm³/mol. The van der Waals surface area contributed by atoms with Gasteiger partial charge in [-0.25, -0.2) is 9.59 Å². The van der Waals surface area contributed by atoms with Crippen LogP contribution in [0.2, 0.25) is 0 Å². The maximum absolute atomic E-state index is 13.6. The van der Waals surface area contributed by atoms with Gasteiger partial charge in [0.15, 0.2) is 0 Å². The maximum atomic E-state index is 13.6. The van der Waals surface area contributed by atoms with Crippen LogP contribution in [0.1, 0.15) is 76.7 Å². The summed E-state index contributed by atoms with van der Waals surface area (Å²) < 4.78 is 5.17. The Kier molecular flexibility index (Phi) is 15.6. The number of anilines is 1. The van der Waals surface area contributed by atoms with E-state index in [-0.39, 0.29) is 43.1 Å². The molecule has 16 heteroatoms. The minimum absolute atomic E-state index is 0.0544. The van der Waals surface area contributed by atoms with Gasteiger partial charge in [-0.2, -0.15) is 11.8 Å². The number of likely N-dealkylation sites (tertiary alicyclic amines) is 1. The van der Waals surface area contributed by atoms with Gasteiger partial charge in [-0.05, 0) is 75.3 Å². The first-order valence-corrected chi connectivity index (χ1v) is 18.1. The quantitative estimate of drug-likeness (QED) is 0.0665. The Labute approximate surface area is 290 Å². The molecule has 7 N–H and O–H groups in total. The SMILES string of the molecule is CCCNC(=O)OCc1ccc(NC(=O)[C@H](CCCNC(N)=O)NC(=O)C2(C(=O)NCCCCCN3C(=O)CC(SC)C3=O)CCC2)cc1. The van der Waals surface area contributed by atoms with E-state index in [1.54, 1.807) is 24.3 Å². The second-order valence-electron chi connectivity index (χ2n) is 12.2. The standard InChI is InChI=1S/C33H49N7O8S/c1-3-16-37-32(47)48-21-22-10-12-23(13-11-22)38-27(42)24(9-7-18-36-31(34)46)39-30(45)33(14-8-15-33)29(44)35-17-5-4-6-19-40-26(41)20-25(49-2)28(40)43/h10-13,24-25H,3-9,14-21H2,1-2H3,(H,35,44)(H,37,47)(H,38,42)(H,39,45)(H3,34,36,46)/t24-,25?/m0/s1. The number of alkyl carbamates (subject to hydrolysis) is 1. The lowest BCUT2D eigenvalue weighted by atomic mass is 9.67. The molecule has 2 atom stereocenters. The summed E-state index contributed by atoms with van der Waals surface area (Å²) in [5.74, 6) is -1.74. The van der Waals surface area contributed by atoms with E-state index >= 15 is 0 Å². The first-order chi connectivity index (χ1) is 23.5. The number of nitrogens with one attached hydrogen (secondary N) is 5. The highest BCUT2D eigenvalue weighted by Gasteiger charge is 2.51. The topological polar surface area (TPSA) is 218 Å². The summed E-state index contributed by atoms with van der Waals surface area (Å²) in [5, 5.41) is 13.2. The molecule has 3 rings (SSSR count). The van der Waals surface area contributed by atoms with Gasteiger partial charge in [0, 0.05) is 38.3 Å². The van der Waals surface area contributed by atoms with Crippen molar-refractivity contribution in [2.24, 2.45) is 11.1 Å². The van der Waals surface area contributed by atoms with Crippen molar-refractivity contribution in [1.29, 1.82) is 0 Å². The minimum atomic E-state index is -1.30. The highest BCUT2D eigenvalue weighted by molar-refractivity contribution is 8.00. The number of hydrogen-bond acceptors (Lipinski definition) is 9. The molecule has 270 valence electrons. The number of carbonyl (C=O) groups is 7. The van der Waals surface area contributed by atoms with E-state index < -0.39 is 41.3 Å². The van der Waals surface area contributed by atoms with Crippen LogP contribution < -0.4 is 32.3 Å². The number of benzene rings is 1. The molecule has 2 fully saturated rings. The molecular formula is C33H49N7O8S. The van der Waals surface area contributed by atoms with Crippen molar-refractivity contribution in [1.82, 2.24) is 26.2 Å². The summed E-state index contributed by atoms with van der Waals surface area (Å²) in [6.45, 7) is 3.38. The number of rotatable bonds is 20. The van der Waals surface area contributed by atoms with E-state index in [0.29, 0.717) is 75.8 Å². The van der Waals surface area contributed by atoms with Crippen molar-refractivity contribution in [3.63, 3.8) is 0 Å². The zero-order valence-corrected chi connectivity index (χ0v) is 29.1. The third-order valence-electron chi connectivity index (χ3n) is 8.61. The Morgan fingerprint density at radius 2 is 1.67 bits per heavy atom. The normalized spacial score (nSPS) is 17.0. The van der Waals surface area contributed by atoms with Crippen LogP contribution in [0.4, 0.5) is 15.3 Å². The number of nitrogens with two attached hydrogens (primary N) is 1. The maximum Gasteiger partial charge on any atom is 0.407 e. The average Bonchev–Trinajstić information content (AvgIpc) is 3.33. The molecule has 1 aromatic carbocycles. The number of primary amides is 1. The number of unbranched alkanes of at least 4 members (excludes halogenated alkanes) is 2. The van der Waals surface area contributed by atoms with Crippen LogP contribution in [0.5, 0.6) is 0 Å². The van der Waals surface area contributed by atoms with Gasteiger partial charge in [0.2, 0.25) is 29.5 Å². The lowest BCUT2D eigenvalue weighted by molar-refractivity contribution is -0.151. The Morgan fingerprint density at radius 1 is 0.959 bits per heavy atom. The smallest absolute Gasteiger partial charge is 0.407 e. The third kappa shape index (κ3) is 11.6. The summed E-state index contributed by atoms with van der Waals surface area (Å²) in [5.41, 5.74) is 5.03. The van der Waals surface area contributed by atoms with E-state index in [4.69, 9.17) is 10.5 Å².